The van der Waals surface area contributed by atoms with Crippen molar-refractivity contribution in [2.75, 3.05) is 46.2 Å². The monoisotopic (exact) mass is 384 g/mol. The molecule has 27 heavy (non-hydrogen) atoms. The van der Waals surface area contributed by atoms with E-state index in [-0.39, 0.29) is 5.78 Å². The second-order valence-corrected chi connectivity index (χ2v) is 6.10. The summed E-state index contributed by atoms with van der Waals surface area (Å²) >= 11 is 0. The Kier molecular flexibility index (Phi) is 14.7. The molecule has 0 saturated heterocycles. The summed E-state index contributed by atoms with van der Waals surface area (Å²) in [6.07, 6.45) is 1.02. The van der Waals surface area contributed by atoms with Gasteiger partial charge in [-0.15, -0.1) is 0 Å². The normalized spacial score (nSPS) is 10.9. The van der Waals surface area contributed by atoms with Crippen LogP contribution < -0.4 is 4.74 Å². The molecule has 0 aliphatic carbocycles. The summed E-state index contributed by atoms with van der Waals surface area (Å²) in [5.74, 6) is 0.336. The van der Waals surface area contributed by atoms with Crippen molar-refractivity contribution in [3.63, 3.8) is 0 Å². The molecular weight excluding hydrogens is 348 g/mol. The molecule has 0 radical (unpaired) electrons. The van der Waals surface area contributed by atoms with E-state index in [0.29, 0.717) is 51.0 Å². The van der Waals surface area contributed by atoms with Gasteiger partial charge in [0, 0.05) is 12.2 Å². The van der Waals surface area contributed by atoms with E-state index in [4.69, 9.17) is 18.9 Å². The van der Waals surface area contributed by atoms with Crippen LogP contribution in [-0.2, 0) is 14.2 Å². The molecule has 0 aliphatic heterocycles. The van der Waals surface area contributed by atoms with Gasteiger partial charge in [0.1, 0.15) is 18.0 Å². The van der Waals surface area contributed by atoms with Gasteiger partial charge in [-0.25, -0.2) is 0 Å². The van der Waals surface area contributed by atoms with E-state index in [0.717, 1.165) is 13.0 Å². The molecule has 0 atom stereocenters. The van der Waals surface area contributed by atoms with Crippen molar-refractivity contribution in [2.45, 2.75) is 46.6 Å². The highest BCUT2D eigenvalue weighted by Crippen LogP contribution is 2.17. The quantitative estimate of drug-likeness (QED) is 0.391. The van der Waals surface area contributed by atoms with Gasteiger partial charge in [-0.3, -0.25) is 4.79 Å². The Bertz CT molecular complexity index is 478. The maximum absolute atomic E-state index is 11.9. The van der Waals surface area contributed by atoms with Gasteiger partial charge in [0.05, 0.1) is 33.0 Å². The zero-order valence-electron chi connectivity index (χ0n) is 17.5. The van der Waals surface area contributed by atoms with Crippen molar-refractivity contribution in [3.8, 4) is 5.75 Å². The van der Waals surface area contributed by atoms with Gasteiger partial charge in [-0.2, -0.15) is 0 Å². The zero-order chi connectivity index (χ0) is 20.5. The summed E-state index contributed by atoms with van der Waals surface area (Å²) in [5, 5.41) is 9.71. The minimum atomic E-state index is -1.37. The van der Waals surface area contributed by atoms with E-state index in [1.807, 2.05) is 13.8 Å². The van der Waals surface area contributed by atoms with Gasteiger partial charge in [0.2, 0.25) is 0 Å². The van der Waals surface area contributed by atoms with E-state index < -0.39 is 5.60 Å². The molecule has 1 N–H and O–H groups in total. The summed E-state index contributed by atoms with van der Waals surface area (Å²) in [6.45, 7) is 12.9. The zero-order valence-corrected chi connectivity index (χ0v) is 17.5. The summed E-state index contributed by atoms with van der Waals surface area (Å²) in [5.41, 5.74) is -0.920. The molecular formula is C21H36O6. The molecule has 0 saturated carbocycles. The Labute approximate surface area is 163 Å². The number of rotatable bonds is 14. The number of aliphatic hydroxyl groups is 1. The lowest BCUT2D eigenvalue weighted by atomic mass is 9.97. The Morgan fingerprint density at radius 3 is 1.74 bits per heavy atom. The van der Waals surface area contributed by atoms with Crippen molar-refractivity contribution in [1.29, 1.82) is 0 Å². The highest BCUT2D eigenvalue weighted by molar-refractivity contribution is 6.01. The predicted molar refractivity (Wildman–Crippen MR) is 107 cm³/mol. The molecule has 1 rings (SSSR count). The highest BCUT2D eigenvalue weighted by Gasteiger charge is 2.24. The Hall–Kier alpha value is -1.47. The van der Waals surface area contributed by atoms with Crippen LogP contribution in [0.3, 0.4) is 0 Å². The van der Waals surface area contributed by atoms with Crippen molar-refractivity contribution >= 4 is 5.78 Å². The molecule has 0 aliphatic rings. The lowest BCUT2D eigenvalue weighted by Crippen LogP contribution is -2.30. The average Bonchev–Trinajstić information content (AvgIpc) is 2.67. The number of benzene rings is 1. The van der Waals surface area contributed by atoms with Crippen LogP contribution in [0.1, 0.15) is 51.4 Å². The Morgan fingerprint density at radius 1 is 0.852 bits per heavy atom. The van der Waals surface area contributed by atoms with Crippen molar-refractivity contribution < 1.29 is 28.8 Å². The van der Waals surface area contributed by atoms with E-state index in [2.05, 4.69) is 6.92 Å². The third-order valence-corrected chi connectivity index (χ3v) is 3.26. The van der Waals surface area contributed by atoms with Gasteiger partial charge in [0.15, 0.2) is 5.78 Å². The van der Waals surface area contributed by atoms with Gasteiger partial charge in [-0.05, 0) is 44.5 Å². The molecule has 1 aromatic carbocycles. The van der Waals surface area contributed by atoms with Crippen LogP contribution in [0.2, 0.25) is 0 Å². The number of ether oxygens (including phenoxy) is 4. The average molecular weight is 385 g/mol. The molecule has 0 spiro atoms. The summed E-state index contributed by atoms with van der Waals surface area (Å²) in [4.78, 5) is 11.9. The maximum atomic E-state index is 11.9. The number of carbonyl (C=O) groups is 1. The third-order valence-electron chi connectivity index (χ3n) is 3.26. The third kappa shape index (κ3) is 12.5. The summed E-state index contributed by atoms with van der Waals surface area (Å²) in [7, 11) is 0. The van der Waals surface area contributed by atoms with E-state index in [1.165, 1.54) is 13.8 Å². The van der Waals surface area contributed by atoms with Crippen LogP contribution >= 0.6 is 0 Å². The highest BCUT2D eigenvalue weighted by atomic mass is 16.6. The molecule has 0 fully saturated rings. The molecule has 0 aromatic heterocycles. The SMILES string of the molecule is CC.CCCOCCOCCOCCOc1ccc(C(=O)C(C)(C)O)cc1. The molecule has 0 bridgehead atoms. The Balaban J connectivity index is 0.00000326. The number of carbonyl (C=O) groups excluding carboxylic acids is 1. The van der Waals surface area contributed by atoms with Gasteiger partial charge < -0.3 is 24.1 Å². The lowest BCUT2D eigenvalue weighted by Gasteiger charge is -2.15. The van der Waals surface area contributed by atoms with Crippen LogP contribution in [0.4, 0.5) is 0 Å². The second-order valence-electron chi connectivity index (χ2n) is 6.10. The minimum Gasteiger partial charge on any atom is -0.491 e. The standard InChI is InChI=1S/C19H30O6.C2H6/c1-4-9-22-10-11-23-12-13-24-14-15-25-17-7-5-16(6-8-17)18(20)19(2,3)21;1-2/h5-8,21H,4,9-15H2,1-3H3;1-2H3. The lowest BCUT2D eigenvalue weighted by molar-refractivity contribution is 0.00945. The van der Waals surface area contributed by atoms with Gasteiger partial charge in [0.25, 0.3) is 0 Å². The maximum Gasteiger partial charge on any atom is 0.193 e. The van der Waals surface area contributed by atoms with E-state index >= 15 is 0 Å². The Morgan fingerprint density at radius 2 is 1.30 bits per heavy atom. The van der Waals surface area contributed by atoms with Crippen molar-refractivity contribution in [2.24, 2.45) is 0 Å². The summed E-state index contributed by atoms with van der Waals surface area (Å²) in [6, 6.07) is 6.70. The molecule has 156 valence electrons. The van der Waals surface area contributed by atoms with Crippen LogP contribution in [0.25, 0.3) is 0 Å². The molecule has 1 aromatic rings. The first-order valence-electron chi connectivity index (χ1n) is 9.68. The van der Waals surface area contributed by atoms with Crippen LogP contribution in [0, 0.1) is 0 Å². The number of Topliss-reactive ketones (excluding diaryl/α,β-unsaturated/α-hetero) is 1. The first-order chi connectivity index (χ1) is 12.9. The van der Waals surface area contributed by atoms with Crippen molar-refractivity contribution in [1.82, 2.24) is 0 Å². The van der Waals surface area contributed by atoms with E-state index in [9.17, 15) is 9.90 Å². The largest absolute Gasteiger partial charge is 0.491 e. The molecule has 0 heterocycles. The molecule has 0 amide bonds. The van der Waals surface area contributed by atoms with Crippen LogP contribution in [-0.4, -0.2) is 62.7 Å². The summed E-state index contributed by atoms with van der Waals surface area (Å²) < 4.78 is 21.6. The fourth-order valence-electron chi connectivity index (χ4n) is 1.96. The smallest absolute Gasteiger partial charge is 0.193 e. The fraction of sp³-hybridized carbons (Fsp3) is 0.667. The molecule has 6 heteroatoms. The molecule has 6 nitrogen and oxygen atoms in total. The second kappa shape index (κ2) is 15.6. The topological polar surface area (TPSA) is 74.2 Å². The molecule has 0 unspecified atom stereocenters. The number of hydrogen-bond donors (Lipinski definition) is 1. The van der Waals surface area contributed by atoms with Crippen LogP contribution in [0.5, 0.6) is 5.75 Å². The van der Waals surface area contributed by atoms with Crippen LogP contribution in [0.15, 0.2) is 24.3 Å². The minimum absolute atomic E-state index is 0.317. The van der Waals surface area contributed by atoms with Crippen molar-refractivity contribution in [3.05, 3.63) is 29.8 Å². The number of hydrogen-bond acceptors (Lipinski definition) is 6. The fourth-order valence-corrected chi connectivity index (χ4v) is 1.96. The van der Waals surface area contributed by atoms with E-state index in [1.54, 1.807) is 24.3 Å². The first kappa shape index (κ1) is 25.5. The number of ketones is 1. The predicted octanol–water partition coefficient (Wildman–Crippen LogP) is 3.51. The van der Waals surface area contributed by atoms with Gasteiger partial charge >= 0.3 is 0 Å². The first-order valence-corrected chi connectivity index (χ1v) is 9.68. The van der Waals surface area contributed by atoms with Gasteiger partial charge in [-0.1, -0.05) is 20.8 Å².